The smallest absolute Gasteiger partial charge is 0.337 e. The maximum atomic E-state index is 11.2. The highest BCUT2D eigenvalue weighted by Crippen LogP contribution is 2.26. The van der Waals surface area contributed by atoms with Gasteiger partial charge in [0, 0.05) is 0 Å². The van der Waals surface area contributed by atoms with Gasteiger partial charge in [-0.3, -0.25) is 0 Å². The minimum atomic E-state index is -0.966. The fourth-order valence-electron chi connectivity index (χ4n) is 1.83. The third-order valence-electron chi connectivity index (χ3n) is 2.71. The predicted octanol–water partition coefficient (Wildman–Crippen LogP) is 3.13. The summed E-state index contributed by atoms with van der Waals surface area (Å²) < 4.78 is 8.36. The third-order valence-corrected chi connectivity index (χ3v) is 3.26. The summed E-state index contributed by atoms with van der Waals surface area (Å²) in [6.45, 7) is 0. The first-order valence-corrected chi connectivity index (χ1v) is 6.29. The minimum absolute atomic E-state index is 0.225. The highest BCUT2D eigenvalue weighted by molar-refractivity contribution is 7.00. The standard InChI is InChI=1S/C13H9N3O2S/c17-13(18)8-4-1-2-5-9(8)14-10-6-3-7-11-12(10)16-19-15-11/h1-7,14H,(H,17,18). The number of para-hydroxylation sites is 1. The predicted molar refractivity (Wildman–Crippen MR) is 74.1 cm³/mol. The van der Waals surface area contributed by atoms with Gasteiger partial charge in [0.2, 0.25) is 0 Å². The number of hydrogen-bond donors (Lipinski definition) is 2. The molecule has 5 nitrogen and oxygen atoms in total. The lowest BCUT2D eigenvalue weighted by molar-refractivity contribution is 0.0698. The van der Waals surface area contributed by atoms with Crippen molar-refractivity contribution in [3.63, 3.8) is 0 Å². The summed E-state index contributed by atoms with van der Waals surface area (Å²) in [6.07, 6.45) is 0. The van der Waals surface area contributed by atoms with Gasteiger partial charge in [0.1, 0.15) is 11.0 Å². The number of fused-ring (bicyclic) bond motifs is 1. The van der Waals surface area contributed by atoms with Crippen LogP contribution in [0.1, 0.15) is 10.4 Å². The summed E-state index contributed by atoms with van der Waals surface area (Å²) in [6, 6.07) is 12.3. The van der Waals surface area contributed by atoms with Crippen molar-refractivity contribution >= 4 is 40.1 Å². The first kappa shape index (κ1) is 11.6. The van der Waals surface area contributed by atoms with Crippen LogP contribution >= 0.6 is 11.7 Å². The Morgan fingerprint density at radius 3 is 2.68 bits per heavy atom. The molecule has 0 amide bonds. The fourth-order valence-corrected chi connectivity index (χ4v) is 2.38. The van der Waals surface area contributed by atoms with E-state index in [1.165, 1.54) is 0 Å². The Morgan fingerprint density at radius 1 is 1.05 bits per heavy atom. The molecule has 0 bridgehead atoms. The largest absolute Gasteiger partial charge is 0.478 e. The Balaban J connectivity index is 2.06. The summed E-state index contributed by atoms with van der Waals surface area (Å²) >= 11 is 1.13. The summed E-state index contributed by atoms with van der Waals surface area (Å²) in [5.41, 5.74) is 3.05. The van der Waals surface area contributed by atoms with E-state index in [-0.39, 0.29) is 5.56 Å². The van der Waals surface area contributed by atoms with E-state index in [1.807, 2.05) is 18.2 Å². The van der Waals surface area contributed by atoms with E-state index in [2.05, 4.69) is 14.1 Å². The molecule has 1 aromatic heterocycles. The number of benzene rings is 2. The van der Waals surface area contributed by atoms with E-state index in [9.17, 15) is 4.79 Å². The minimum Gasteiger partial charge on any atom is -0.478 e. The molecule has 0 spiro atoms. The number of aromatic carboxylic acids is 1. The molecular weight excluding hydrogens is 262 g/mol. The summed E-state index contributed by atoms with van der Waals surface area (Å²) in [5, 5.41) is 12.3. The van der Waals surface area contributed by atoms with Crippen molar-refractivity contribution in [2.75, 3.05) is 5.32 Å². The molecule has 0 saturated heterocycles. The van der Waals surface area contributed by atoms with Crippen LogP contribution in [0.3, 0.4) is 0 Å². The van der Waals surface area contributed by atoms with E-state index in [0.717, 1.165) is 28.4 Å². The second-order valence-electron chi connectivity index (χ2n) is 3.91. The van der Waals surface area contributed by atoms with E-state index in [1.54, 1.807) is 24.3 Å². The molecule has 0 atom stereocenters. The number of nitrogens with zero attached hydrogens (tertiary/aromatic N) is 2. The molecule has 0 unspecified atom stereocenters. The van der Waals surface area contributed by atoms with E-state index in [4.69, 9.17) is 5.11 Å². The van der Waals surface area contributed by atoms with E-state index < -0.39 is 5.97 Å². The lowest BCUT2D eigenvalue weighted by Crippen LogP contribution is -2.02. The molecule has 0 radical (unpaired) electrons. The highest BCUT2D eigenvalue weighted by atomic mass is 32.1. The Bertz CT molecular complexity index is 754. The Morgan fingerprint density at radius 2 is 1.84 bits per heavy atom. The molecule has 3 rings (SSSR count). The van der Waals surface area contributed by atoms with Crippen LogP contribution in [-0.2, 0) is 0 Å². The summed E-state index contributed by atoms with van der Waals surface area (Å²) in [5.74, 6) is -0.966. The molecule has 2 N–H and O–H groups in total. The fraction of sp³-hybridized carbons (Fsp3) is 0. The van der Waals surface area contributed by atoms with Gasteiger partial charge < -0.3 is 10.4 Å². The van der Waals surface area contributed by atoms with Crippen LogP contribution in [0.15, 0.2) is 42.5 Å². The molecule has 0 aliphatic carbocycles. The average Bonchev–Trinajstić information content (AvgIpc) is 2.88. The number of hydrogen-bond acceptors (Lipinski definition) is 5. The van der Waals surface area contributed by atoms with Crippen molar-refractivity contribution in [3.05, 3.63) is 48.0 Å². The zero-order chi connectivity index (χ0) is 13.2. The van der Waals surface area contributed by atoms with Gasteiger partial charge in [-0.2, -0.15) is 8.75 Å². The van der Waals surface area contributed by atoms with Crippen LogP contribution in [0.2, 0.25) is 0 Å². The molecule has 6 heteroatoms. The van der Waals surface area contributed by atoms with Gasteiger partial charge in [-0.1, -0.05) is 18.2 Å². The van der Waals surface area contributed by atoms with Gasteiger partial charge in [0.15, 0.2) is 0 Å². The highest BCUT2D eigenvalue weighted by Gasteiger charge is 2.11. The van der Waals surface area contributed by atoms with Crippen LogP contribution in [0, 0.1) is 0 Å². The van der Waals surface area contributed by atoms with Crippen molar-refractivity contribution in [2.45, 2.75) is 0 Å². The summed E-state index contributed by atoms with van der Waals surface area (Å²) in [7, 11) is 0. The number of carbonyl (C=O) groups is 1. The molecule has 0 saturated carbocycles. The zero-order valence-corrected chi connectivity index (χ0v) is 10.5. The van der Waals surface area contributed by atoms with Crippen molar-refractivity contribution in [1.29, 1.82) is 0 Å². The van der Waals surface area contributed by atoms with Gasteiger partial charge in [-0.15, -0.1) is 0 Å². The second-order valence-corrected chi connectivity index (χ2v) is 4.44. The molecule has 0 fully saturated rings. The van der Waals surface area contributed by atoms with E-state index in [0.29, 0.717) is 5.69 Å². The molecule has 19 heavy (non-hydrogen) atoms. The Kier molecular flexibility index (Phi) is 2.85. The van der Waals surface area contributed by atoms with Gasteiger partial charge in [-0.05, 0) is 24.3 Å². The maximum Gasteiger partial charge on any atom is 0.337 e. The van der Waals surface area contributed by atoms with Crippen LogP contribution in [0.4, 0.5) is 11.4 Å². The van der Waals surface area contributed by atoms with Crippen LogP contribution in [-0.4, -0.2) is 19.8 Å². The molecular formula is C13H9N3O2S. The second kappa shape index (κ2) is 4.66. The molecule has 94 valence electrons. The van der Waals surface area contributed by atoms with Gasteiger partial charge in [-0.25, -0.2) is 4.79 Å². The topological polar surface area (TPSA) is 75.1 Å². The number of rotatable bonds is 3. The molecule has 2 aromatic carbocycles. The maximum absolute atomic E-state index is 11.2. The molecule has 1 heterocycles. The zero-order valence-electron chi connectivity index (χ0n) is 9.70. The third kappa shape index (κ3) is 2.13. The quantitative estimate of drug-likeness (QED) is 0.765. The molecule has 0 aliphatic rings. The van der Waals surface area contributed by atoms with Crippen molar-refractivity contribution in [2.24, 2.45) is 0 Å². The Labute approximate surface area is 112 Å². The first-order chi connectivity index (χ1) is 9.25. The van der Waals surface area contributed by atoms with Crippen molar-refractivity contribution in [3.8, 4) is 0 Å². The van der Waals surface area contributed by atoms with Crippen LogP contribution in [0.25, 0.3) is 11.0 Å². The first-order valence-electron chi connectivity index (χ1n) is 5.56. The van der Waals surface area contributed by atoms with Crippen LogP contribution in [0.5, 0.6) is 0 Å². The lowest BCUT2D eigenvalue weighted by Gasteiger charge is -2.09. The number of aromatic nitrogens is 2. The number of nitrogens with one attached hydrogen (secondary N) is 1. The number of carboxylic acid groups (broad SMARTS) is 1. The molecule has 0 aliphatic heterocycles. The van der Waals surface area contributed by atoms with Gasteiger partial charge in [0.05, 0.1) is 28.7 Å². The number of anilines is 2. The monoisotopic (exact) mass is 271 g/mol. The number of carboxylic acids is 1. The average molecular weight is 271 g/mol. The van der Waals surface area contributed by atoms with Gasteiger partial charge in [0.25, 0.3) is 0 Å². The van der Waals surface area contributed by atoms with Crippen molar-refractivity contribution < 1.29 is 9.90 Å². The summed E-state index contributed by atoms with van der Waals surface area (Å²) in [4.78, 5) is 11.2. The lowest BCUT2D eigenvalue weighted by atomic mass is 10.1. The van der Waals surface area contributed by atoms with Crippen LogP contribution < -0.4 is 5.32 Å². The van der Waals surface area contributed by atoms with E-state index >= 15 is 0 Å². The molecule has 3 aromatic rings. The van der Waals surface area contributed by atoms with Gasteiger partial charge >= 0.3 is 5.97 Å². The SMILES string of the molecule is O=C(O)c1ccccc1Nc1cccc2nsnc12. The Hall–Kier alpha value is -2.47. The normalized spacial score (nSPS) is 10.5. The van der Waals surface area contributed by atoms with Crippen molar-refractivity contribution in [1.82, 2.24) is 8.75 Å².